The molecule has 3 heterocycles. The van der Waals surface area contributed by atoms with E-state index in [1.807, 2.05) is 11.8 Å². The highest BCUT2D eigenvalue weighted by atomic mass is 19.4. The van der Waals surface area contributed by atoms with Crippen LogP contribution in [0.15, 0.2) is 36.5 Å². The highest BCUT2D eigenvalue weighted by Gasteiger charge is 2.58. The molecule has 3 aliphatic rings. The van der Waals surface area contributed by atoms with Crippen LogP contribution in [0.5, 0.6) is 5.88 Å². The maximum absolute atomic E-state index is 14.9. The summed E-state index contributed by atoms with van der Waals surface area (Å²) < 4.78 is 61.2. The van der Waals surface area contributed by atoms with Crippen molar-refractivity contribution in [3.63, 3.8) is 0 Å². The van der Waals surface area contributed by atoms with Gasteiger partial charge in [0.05, 0.1) is 23.7 Å². The summed E-state index contributed by atoms with van der Waals surface area (Å²) in [5.74, 6) is -0.375. The molecule has 1 amide bonds. The van der Waals surface area contributed by atoms with Crippen molar-refractivity contribution in [2.24, 2.45) is 11.3 Å². The Hall–Kier alpha value is -2.72. The Bertz CT molecular complexity index is 1160. The predicted octanol–water partition coefficient (Wildman–Crippen LogP) is 5.31. The topological polar surface area (TPSA) is 65.9 Å². The zero-order chi connectivity index (χ0) is 27.8. The summed E-state index contributed by atoms with van der Waals surface area (Å²) in [5, 5.41) is 9.80. The summed E-state index contributed by atoms with van der Waals surface area (Å²) in [6.45, 7) is 3.85. The van der Waals surface area contributed by atoms with Crippen LogP contribution in [0.2, 0.25) is 0 Å². The second kappa shape index (κ2) is 11.0. The molecule has 5 rings (SSSR count). The van der Waals surface area contributed by atoms with Gasteiger partial charge in [0.15, 0.2) is 0 Å². The molecule has 1 aromatic carbocycles. The van der Waals surface area contributed by atoms with Crippen molar-refractivity contribution in [2.45, 2.75) is 63.8 Å². The van der Waals surface area contributed by atoms with Gasteiger partial charge in [-0.15, -0.1) is 0 Å². The van der Waals surface area contributed by atoms with E-state index in [1.165, 1.54) is 17.0 Å². The van der Waals surface area contributed by atoms with E-state index >= 15 is 0 Å². The van der Waals surface area contributed by atoms with E-state index in [0.29, 0.717) is 49.5 Å². The number of ether oxygens (including phenoxy) is 1. The number of aliphatic hydroxyl groups excluding tert-OH is 1. The van der Waals surface area contributed by atoms with Gasteiger partial charge >= 0.3 is 6.18 Å². The molecule has 1 aliphatic carbocycles. The normalized spacial score (nSPS) is 24.0. The molecule has 2 aromatic rings. The standard InChI is InChI=1S/C29H35F4N3O3/c1-19-13-23(37)16-36(19)27(38)24-5-3-21(14-25(24)30)22-4-6-26(34-15-22)39-17-20-7-11-35(12-8-20)18-28(9-2-10-28)29(31,32)33/h3-6,14-15,19-20,23,37H,2,7-13,16-18H2,1H3/t19-,23+/m0/s1. The molecule has 3 fully saturated rings. The molecule has 1 saturated carbocycles. The Morgan fingerprint density at radius 1 is 1.15 bits per heavy atom. The molecule has 6 nitrogen and oxygen atoms in total. The molecule has 0 unspecified atom stereocenters. The molecule has 2 atom stereocenters. The first-order chi connectivity index (χ1) is 18.5. The molecule has 2 aliphatic heterocycles. The number of β-amino-alcohol motifs (C(OH)–C–C–N with tert-alkyl or cyclic N) is 1. The van der Waals surface area contributed by atoms with Gasteiger partial charge < -0.3 is 19.6 Å². The third kappa shape index (κ3) is 5.91. The second-order valence-corrected chi connectivity index (χ2v) is 11.4. The summed E-state index contributed by atoms with van der Waals surface area (Å²) in [6.07, 6.45) is 0.0310. The number of nitrogens with zero attached hydrogens (tertiary/aromatic N) is 3. The van der Waals surface area contributed by atoms with E-state index in [1.54, 1.807) is 24.4 Å². The summed E-state index contributed by atoms with van der Waals surface area (Å²) in [4.78, 5) is 20.5. The molecule has 2 saturated heterocycles. The van der Waals surface area contributed by atoms with Gasteiger partial charge in [-0.05, 0) is 81.8 Å². The van der Waals surface area contributed by atoms with Crippen LogP contribution < -0.4 is 4.74 Å². The van der Waals surface area contributed by atoms with E-state index in [9.17, 15) is 27.5 Å². The summed E-state index contributed by atoms with van der Waals surface area (Å²) in [5.41, 5.74) is -0.294. The molecular formula is C29H35F4N3O3. The van der Waals surface area contributed by atoms with Crippen molar-refractivity contribution in [1.82, 2.24) is 14.8 Å². The van der Waals surface area contributed by atoms with Crippen LogP contribution in [0.25, 0.3) is 11.1 Å². The monoisotopic (exact) mass is 549 g/mol. The number of pyridine rings is 1. The number of benzene rings is 1. The highest BCUT2D eigenvalue weighted by Crippen LogP contribution is 2.53. The van der Waals surface area contributed by atoms with Crippen molar-refractivity contribution in [1.29, 1.82) is 0 Å². The van der Waals surface area contributed by atoms with Gasteiger partial charge in [-0.1, -0.05) is 12.5 Å². The lowest BCUT2D eigenvalue weighted by Crippen LogP contribution is -2.53. The Morgan fingerprint density at radius 2 is 1.87 bits per heavy atom. The minimum absolute atomic E-state index is 0.0278. The number of carbonyl (C=O) groups excluding carboxylic acids is 1. The largest absolute Gasteiger partial charge is 0.477 e. The fourth-order valence-electron chi connectivity index (χ4n) is 6.02. The minimum Gasteiger partial charge on any atom is -0.477 e. The van der Waals surface area contributed by atoms with Crippen LogP contribution in [0.1, 0.15) is 55.8 Å². The average Bonchev–Trinajstić information content (AvgIpc) is 3.22. The SMILES string of the molecule is C[C@H]1C[C@@H](O)CN1C(=O)c1ccc(-c2ccc(OCC3CCN(CC4(C(F)(F)F)CCC4)CC3)nc2)cc1F. The summed E-state index contributed by atoms with van der Waals surface area (Å²) >= 11 is 0. The first-order valence-corrected chi connectivity index (χ1v) is 13.7. The number of hydrogen-bond acceptors (Lipinski definition) is 5. The lowest BCUT2D eigenvalue weighted by atomic mass is 9.67. The number of carbonyl (C=O) groups is 1. The van der Waals surface area contributed by atoms with Crippen LogP contribution in [-0.4, -0.2) is 76.9 Å². The maximum atomic E-state index is 14.9. The zero-order valence-corrected chi connectivity index (χ0v) is 22.1. The van der Waals surface area contributed by atoms with E-state index in [-0.39, 0.29) is 43.5 Å². The molecule has 1 aromatic heterocycles. The zero-order valence-electron chi connectivity index (χ0n) is 22.1. The second-order valence-electron chi connectivity index (χ2n) is 11.4. The molecule has 10 heteroatoms. The van der Waals surface area contributed by atoms with Crippen molar-refractivity contribution >= 4 is 5.91 Å². The van der Waals surface area contributed by atoms with E-state index in [2.05, 4.69) is 4.98 Å². The highest BCUT2D eigenvalue weighted by molar-refractivity contribution is 5.95. The molecule has 212 valence electrons. The van der Waals surface area contributed by atoms with Gasteiger partial charge in [0, 0.05) is 37.0 Å². The van der Waals surface area contributed by atoms with Crippen LogP contribution >= 0.6 is 0 Å². The van der Waals surface area contributed by atoms with Gasteiger partial charge in [-0.25, -0.2) is 9.37 Å². The van der Waals surface area contributed by atoms with Crippen molar-refractivity contribution in [3.8, 4) is 17.0 Å². The van der Waals surface area contributed by atoms with E-state index in [0.717, 1.165) is 12.8 Å². The number of alkyl halides is 3. The third-order valence-corrected chi connectivity index (χ3v) is 8.70. The van der Waals surface area contributed by atoms with Crippen LogP contribution in [0.4, 0.5) is 17.6 Å². The molecule has 0 spiro atoms. The number of aliphatic hydroxyl groups is 1. The average molecular weight is 550 g/mol. The predicted molar refractivity (Wildman–Crippen MR) is 138 cm³/mol. The van der Waals surface area contributed by atoms with Crippen LogP contribution in [0, 0.1) is 17.2 Å². The van der Waals surface area contributed by atoms with Crippen LogP contribution in [0.3, 0.4) is 0 Å². The number of halogens is 4. The Labute approximate surface area is 226 Å². The molecule has 0 radical (unpaired) electrons. The minimum atomic E-state index is -4.13. The number of likely N-dealkylation sites (tertiary alicyclic amines) is 2. The fourth-order valence-corrected chi connectivity index (χ4v) is 6.02. The first kappa shape index (κ1) is 27.8. The summed E-state index contributed by atoms with van der Waals surface area (Å²) in [7, 11) is 0. The van der Waals surface area contributed by atoms with Crippen molar-refractivity contribution in [2.75, 3.05) is 32.8 Å². The maximum Gasteiger partial charge on any atom is 0.395 e. The van der Waals surface area contributed by atoms with Crippen molar-refractivity contribution in [3.05, 3.63) is 47.9 Å². The number of hydrogen-bond donors (Lipinski definition) is 1. The Kier molecular flexibility index (Phi) is 7.88. The van der Waals surface area contributed by atoms with E-state index < -0.39 is 29.4 Å². The third-order valence-electron chi connectivity index (χ3n) is 8.70. The Balaban J connectivity index is 1.11. The lowest BCUT2D eigenvalue weighted by Gasteiger charge is -2.47. The van der Waals surface area contributed by atoms with Gasteiger partial charge in [0.2, 0.25) is 5.88 Å². The smallest absolute Gasteiger partial charge is 0.395 e. The first-order valence-electron chi connectivity index (χ1n) is 13.7. The van der Waals surface area contributed by atoms with Crippen molar-refractivity contribution < 1.29 is 32.2 Å². The van der Waals surface area contributed by atoms with E-state index in [4.69, 9.17) is 4.74 Å². The fraction of sp³-hybridized carbons (Fsp3) is 0.586. The molecule has 0 bridgehead atoms. The number of piperidine rings is 1. The van der Waals surface area contributed by atoms with Gasteiger partial charge in [-0.2, -0.15) is 13.2 Å². The van der Waals surface area contributed by atoms with Gasteiger partial charge in [0.1, 0.15) is 5.82 Å². The van der Waals surface area contributed by atoms with Gasteiger partial charge in [-0.3, -0.25) is 4.79 Å². The summed E-state index contributed by atoms with van der Waals surface area (Å²) in [6, 6.07) is 7.77. The quantitative estimate of drug-likeness (QED) is 0.475. The number of aromatic nitrogens is 1. The van der Waals surface area contributed by atoms with Crippen LogP contribution in [-0.2, 0) is 0 Å². The number of rotatable bonds is 7. The Morgan fingerprint density at radius 3 is 2.41 bits per heavy atom. The lowest BCUT2D eigenvalue weighted by molar-refractivity contribution is -0.256. The molecular weight excluding hydrogens is 514 g/mol. The number of amides is 1. The molecule has 1 N–H and O–H groups in total. The molecule has 39 heavy (non-hydrogen) atoms. The van der Waals surface area contributed by atoms with Gasteiger partial charge in [0.25, 0.3) is 5.91 Å².